The molecule has 1 aliphatic carbocycles. The molecule has 0 spiro atoms. The van der Waals surface area contributed by atoms with Gasteiger partial charge in [0.1, 0.15) is 0 Å². The molecule has 1 saturated heterocycles. The van der Waals surface area contributed by atoms with E-state index in [1.165, 1.54) is 31.4 Å². The molecule has 2 atom stereocenters. The van der Waals surface area contributed by atoms with Gasteiger partial charge in [-0.05, 0) is 25.0 Å². The van der Waals surface area contributed by atoms with Crippen LogP contribution in [0.2, 0.25) is 0 Å². The van der Waals surface area contributed by atoms with Gasteiger partial charge in [-0.15, -0.1) is 11.8 Å². The molecule has 0 amide bonds. The minimum atomic E-state index is 0. The van der Waals surface area contributed by atoms with E-state index in [4.69, 9.17) is 0 Å². The van der Waals surface area contributed by atoms with E-state index in [0.717, 1.165) is 0 Å². The maximum Gasteiger partial charge on any atom is 0.179 e. The van der Waals surface area contributed by atoms with Gasteiger partial charge in [0.25, 0.3) is 0 Å². The maximum absolute atomic E-state index is 11.4. The van der Waals surface area contributed by atoms with Crippen molar-refractivity contribution in [2.45, 2.75) is 74.8 Å². The summed E-state index contributed by atoms with van der Waals surface area (Å²) in [6.45, 7) is 9.38. The van der Waals surface area contributed by atoms with Crippen molar-refractivity contribution in [1.82, 2.24) is 4.90 Å². The minimum absolute atomic E-state index is 0. The summed E-state index contributed by atoms with van der Waals surface area (Å²) in [6, 6.07) is 0.676. The Kier molecular flexibility index (Phi) is 23.6. The Balaban J connectivity index is -0.000000184. The number of rotatable bonds is 3. The zero-order chi connectivity index (χ0) is 15.1. The second kappa shape index (κ2) is 17.1. The molecule has 1 heterocycles. The fraction of sp³-hybridized carbons (Fsp3) is 0.619. The van der Waals surface area contributed by atoms with Crippen molar-refractivity contribution in [3.8, 4) is 0 Å². The number of nitrogens with zero attached hydrogens (tertiary/aromatic N) is 1. The second-order valence-corrected chi connectivity index (χ2v) is 5.39. The van der Waals surface area contributed by atoms with Crippen molar-refractivity contribution in [1.29, 1.82) is 0 Å². The van der Waals surface area contributed by atoms with Crippen molar-refractivity contribution in [2.75, 3.05) is 7.05 Å². The summed E-state index contributed by atoms with van der Waals surface area (Å²) >= 11 is 0. The van der Waals surface area contributed by atoms with Crippen molar-refractivity contribution in [3.05, 3.63) is 42.5 Å². The maximum atomic E-state index is 11.4. The molecule has 0 aromatic rings. The van der Waals surface area contributed by atoms with E-state index in [0.29, 0.717) is 17.5 Å². The van der Waals surface area contributed by atoms with Crippen LogP contribution in [-0.4, -0.2) is 23.8 Å². The van der Waals surface area contributed by atoms with Crippen LogP contribution in [0.1, 0.15) is 68.7 Å². The average molecular weight is 776 g/mol. The van der Waals surface area contributed by atoms with E-state index in [9.17, 15) is 4.79 Å². The van der Waals surface area contributed by atoms with Crippen LogP contribution in [0.5, 0.6) is 0 Å². The van der Waals surface area contributed by atoms with Crippen LogP contribution in [0, 0.1) is 12.3 Å². The number of hydrogen-bond acceptors (Lipinski definition) is 2. The third-order valence-electron chi connectivity index (χ3n) is 4.01. The van der Waals surface area contributed by atoms with Crippen LogP contribution in [0.3, 0.4) is 0 Å². The third-order valence-corrected chi connectivity index (χ3v) is 4.01. The van der Waals surface area contributed by atoms with Crippen molar-refractivity contribution in [3.63, 3.8) is 0 Å². The van der Waals surface area contributed by atoms with Gasteiger partial charge in [-0.3, -0.25) is 4.79 Å². The molecule has 145 valence electrons. The van der Waals surface area contributed by atoms with Gasteiger partial charge in [0.2, 0.25) is 0 Å². The second-order valence-electron chi connectivity index (χ2n) is 5.39. The standard InChI is InChI=1S/C16H22NO.C2H6.3CH4.Re.Rf/c1-12(2)16(18)10-6-8-14-11-13-7-4-5-9-15(13)17(14)3;1-2;;;;;/h6,8,10-11,13,15H,1,4-5,7,9H2,2-3H3;1-2H3;3*1H4;;/q-1;;;;;;/b10-6+,14-8-;;;;;;. The van der Waals surface area contributed by atoms with Crippen LogP contribution >= 0.6 is 0 Å². The molecule has 0 N–H and O–H groups in total. The molecule has 2 nitrogen and oxygen atoms in total. The first-order valence-corrected chi connectivity index (χ1v) is 7.75. The largest absolute Gasteiger partial charge is 0.405 e. The number of carbonyl (C=O) groups excluding carboxylic acids is 1. The SMILES string of the molecule is C.C.C.C=C(C)C(=O)/C=C/C=C1/[CH-]C2CCCCC2N1C.CC.[Re].[Rf]. The van der Waals surface area contributed by atoms with Crippen molar-refractivity contribution >= 4 is 5.78 Å². The van der Waals surface area contributed by atoms with Gasteiger partial charge in [0, 0.05) is 33.5 Å². The third kappa shape index (κ3) is 9.32. The van der Waals surface area contributed by atoms with Crippen LogP contribution in [0.15, 0.2) is 36.1 Å². The number of ketones is 1. The van der Waals surface area contributed by atoms with Gasteiger partial charge >= 0.3 is 0 Å². The molecule has 1 aliphatic heterocycles. The molecule has 0 aromatic carbocycles. The number of fused-ring (bicyclic) bond motifs is 1. The summed E-state index contributed by atoms with van der Waals surface area (Å²) in [5, 5.41) is 0. The Morgan fingerprint density at radius 2 is 1.72 bits per heavy atom. The fourth-order valence-corrected chi connectivity index (χ4v) is 2.89. The molecule has 2 aliphatic rings. The van der Waals surface area contributed by atoms with Gasteiger partial charge in [0.15, 0.2) is 5.78 Å². The van der Waals surface area contributed by atoms with E-state index in [1.54, 1.807) is 13.0 Å². The predicted molar refractivity (Wildman–Crippen MR) is 106 cm³/mol. The number of likely N-dealkylation sites (tertiary alicyclic amines) is 1. The first-order valence-electron chi connectivity index (χ1n) is 7.75. The van der Waals surface area contributed by atoms with Crippen molar-refractivity contribution < 1.29 is 25.2 Å². The molecule has 2 unspecified atom stereocenters. The van der Waals surface area contributed by atoms with Crippen LogP contribution in [0.25, 0.3) is 0 Å². The number of hydrogen-bond donors (Lipinski definition) is 0. The van der Waals surface area contributed by atoms with Gasteiger partial charge in [-0.1, -0.05) is 67.9 Å². The first kappa shape index (κ1) is 34.5. The summed E-state index contributed by atoms with van der Waals surface area (Å²) in [6.07, 6.45) is 13.1. The zero-order valence-electron chi connectivity index (χ0n) is 14.4. The smallest absolute Gasteiger partial charge is 0.179 e. The Hall–Kier alpha value is -1.78. The van der Waals surface area contributed by atoms with Crippen LogP contribution in [-0.2, 0) is 25.2 Å². The Bertz CT molecular complexity index is 418. The molecule has 2 fully saturated rings. The van der Waals surface area contributed by atoms with Gasteiger partial charge in [-0.2, -0.15) is 6.08 Å². The average Bonchev–Trinajstić information content (AvgIpc) is 2.78. The first-order chi connectivity index (χ1) is 9.59. The molecule has 0 aromatic heterocycles. The number of allylic oxidation sites excluding steroid dienone is 5. The molecule has 1 saturated carbocycles. The normalized spacial score (nSPS) is 21.4. The van der Waals surface area contributed by atoms with E-state index in [-0.39, 0.29) is 48.5 Å². The summed E-state index contributed by atoms with van der Waals surface area (Å²) in [5.74, 6) is 0.713. The molecular weight excluding hydrogens is 735 g/mol. The summed E-state index contributed by atoms with van der Waals surface area (Å²) in [7, 11) is 2.16. The van der Waals surface area contributed by atoms with Gasteiger partial charge < -0.3 is 4.90 Å². The Morgan fingerprint density at radius 3 is 2.20 bits per heavy atom. The van der Waals surface area contributed by atoms with E-state index in [2.05, 4.69) is 24.9 Å². The minimum Gasteiger partial charge on any atom is -0.405 e. The molecule has 0 bridgehead atoms. The summed E-state index contributed by atoms with van der Waals surface area (Å²) in [5.41, 5.74) is 1.83. The molecule has 4 heteroatoms. The van der Waals surface area contributed by atoms with E-state index >= 15 is 0 Å². The Labute approximate surface area is 166 Å². The zero-order valence-corrected chi connectivity index (χ0v) is 23.6. The van der Waals surface area contributed by atoms with Crippen molar-refractivity contribution in [2.24, 2.45) is 5.92 Å². The Morgan fingerprint density at radius 1 is 1.20 bits per heavy atom. The number of carbonyl (C=O) groups is 1. The summed E-state index contributed by atoms with van der Waals surface area (Å²) in [4.78, 5) is 13.8. The molecule has 25 heavy (non-hydrogen) atoms. The summed E-state index contributed by atoms with van der Waals surface area (Å²) < 4.78 is 0. The van der Waals surface area contributed by atoms with Gasteiger partial charge in [-0.25, -0.2) is 6.42 Å². The van der Waals surface area contributed by atoms with E-state index < -0.39 is 0 Å². The predicted octanol–water partition coefficient (Wildman–Crippen LogP) is 6.21. The van der Waals surface area contributed by atoms with Gasteiger partial charge in [0.05, 0.1) is 0 Å². The molecule has 2 rings (SSSR count). The monoisotopic (exact) mass is 776 g/mol. The topological polar surface area (TPSA) is 20.3 Å². The fourth-order valence-electron chi connectivity index (χ4n) is 2.89. The van der Waals surface area contributed by atoms with E-state index in [1.807, 2.05) is 26.0 Å². The molecular formula is C21H40NOReRf-. The van der Waals surface area contributed by atoms with Crippen LogP contribution < -0.4 is 0 Å². The quantitative estimate of drug-likeness (QED) is 0.251. The van der Waals surface area contributed by atoms with Crippen LogP contribution in [0.4, 0.5) is 0 Å². The molecule has 1 radical (unpaired) electrons.